The fourth-order valence-corrected chi connectivity index (χ4v) is 1.22. The van der Waals surface area contributed by atoms with Gasteiger partial charge < -0.3 is 14.6 Å². The summed E-state index contributed by atoms with van der Waals surface area (Å²) in [6.45, 7) is 0.590. The van der Waals surface area contributed by atoms with Gasteiger partial charge >= 0.3 is 11.9 Å². The summed E-state index contributed by atoms with van der Waals surface area (Å²) >= 11 is 0. The molecule has 17 heavy (non-hydrogen) atoms. The Labute approximate surface area is 99.0 Å². The minimum atomic E-state index is -0.987. The van der Waals surface area contributed by atoms with Gasteiger partial charge in [0, 0.05) is 7.11 Å². The highest BCUT2D eigenvalue weighted by Gasteiger charge is 2.06. The molecule has 1 aromatic carbocycles. The quantitative estimate of drug-likeness (QED) is 0.593. The SMILES string of the molecule is COCCOC(=O)Cc1ccc(C(=O)O)cc1. The molecule has 0 saturated heterocycles. The van der Waals surface area contributed by atoms with Crippen molar-refractivity contribution < 1.29 is 24.2 Å². The Morgan fingerprint density at radius 3 is 2.35 bits per heavy atom. The van der Waals surface area contributed by atoms with Gasteiger partial charge in [-0.25, -0.2) is 4.79 Å². The van der Waals surface area contributed by atoms with Crippen LogP contribution in [0, 0.1) is 0 Å². The number of esters is 1. The molecule has 0 unspecified atom stereocenters. The second kappa shape index (κ2) is 6.65. The predicted octanol–water partition coefficient (Wildman–Crippen LogP) is 1.12. The van der Waals surface area contributed by atoms with E-state index in [1.807, 2.05) is 0 Å². The normalized spacial score (nSPS) is 9.94. The first kappa shape index (κ1) is 13.2. The van der Waals surface area contributed by atoms with Crippen LogP contribution >= 0.6 is 0 Å². The van der Waals surface area contributed by atoms with Gasteiger partial charge in [0.2, 0.25) is 0 Å². The van der Waals surface area contributed by atoms with Crippen molar-refractivity contribution in [2.24, 2.45) is 0 Å². The molecule has 0 aliphatic heterocycles. The summed E-state index contributed by atoms with van der Waals surface area (Å²) in [5.74, 6) is -1.34. The Bertz CT molecular complexity index is 382. The molecule has 1 aromatic rings. The minimum Gasteiger partial charge on any atom is -0.478 e. The maximum atomic E-state index is 11.3. The van der Waals surface area contributed by atoms with Gasteiger partial charge in [-0.2, -0.15) is 0 Å². The van der Waals surface area contributed by atoms with Crippen LogP contribution in [0.15, 0.2) is 24.3 Å². The highest BCUT2D eigenvalue weighted by atomic mass is 16.6. The lowest BCUT2D eigenvalue weighted by atomic mass is 10.1. The molecule has 0 saturated carbocycles. The summed E-state index contributed by atoms with van der Waals surface area (Å²) in [6, 6.07) is 6.11. The van der Waals surface area contributed by atoms with E-state index in [0.29, 0.717) is 6.61 Å². The lowest BCUT2D eigenvalue weighted by molar-refractivity contribution is -0.144. The van der Waals surface area contributed by atoms with E-state index in [0.717, 1.165) is 5.56 Å². The van der Waals surface area contributed by atoms with Crippen molar-refractivity contribution >= 4 is 11.9 Å². The fourth-order valence-electron chi connectivity index (χ4n) is 1.22. The number of ether oxygens (including phenoxy) is 2. The maximum absolute atomic E-state index is 11.3. The third kappa shape index (κ3) is 4.65. The summed E-state index contributed by atoms with van der Waals surface area (Å²) in [4.78, 5) is 21.9. The molecule has 0 radical (unpaired) electrons. The molecule has 0 bridgehead atoms. The number of carboxylic acids is 1. The van der Waals surface area contributed by atoms with Gasteiger partial charge in [0.05, 0.1) is 18.6 Å². The number of rotatable bonds is 6. The Kier molecular flexibility index (Phi) is 5.16. The molecule has 5 nitrogen and oxygen atoms in total. The monoisotopic (exact) mass is 238 g/mol. The fraction of sp³-hybridized carbons (Fsp3) is 0.333. The lowest BCUT2D eigenvalue weighted by Gasteiger charge is -2.04. The molecule has 92 valence electrons. The van der Waals surface area contributed by atoms with Crippen molar-refractivity contribution in [3.63, 3.8) is 0 Å². The molecule has 0 heterocycles. The number of carboxylic acid groups (broad SMARTS) is 1. The molecule has 0 fully saturated rings. The van der Waals surface area contributed by atoms with E-state index in [-0.39, 0.29) is 24.6 Å². The number of aromatic carboxylic acids is 1. The standard InChI is InChI=1S/C12H14O5/c1-16-6-7-17-11(13)8-9-2-4-10(5-3-9)12(14)15/h2-5H,6-8H2,1H3,(H,14,15). The molecule has 1 rings (SSSR count). The molecule has 5 heteroatoms. The summed E-state index contributed by atoms with van der Waals surface area (Å²) in [5.41, 5.74) is 0.916. The molecular formula is C12H14O5. The van der Waals surface area contributed by atoms with Crippen LogP contribution < -0.4 is 0 Å². The van der Waals surface area contributed by atoms with E-state index >= 15 is 0 Å². The van der Waals surface area contributed by atoms with Gasteiger partial charge in [-0.15, -0.1) is 0 Å². The van der Waals surface area contributed by atoms with Crippen LogP contribution in [0.5, 0.6) is 0 Å². The van der Waals surface area contributed by atoms with Crippen molar-refractivity contribution in [3.05, 3.63) is 35.4 Å². The molecule has 0 spiro atoms. The summed E-state index contributed by atoms with van der Waals surface area (Å²) in [6.07, 6.45) is 0.129. The largest absolute Gasteiger partial charge is 0.478 e. The highest BCUT2D eigenvalue weighted by Crippen LogP contribution is 2.05. The van der Waals surface area contributed by atoms with Gasteiger partial charge in [0.25, 0.3) is 0 Å². The second-order valence-corrected chi connectivity index (χ2v) is 3.39. The van der Waals surface area contributed by atoms with Gasteiger partial charge in [-0.05, 0) is 17.7 Å². The summed E-state index contributed by atoms with van der Waals surface area (Å²) in [5, 5.41) is 8.70. The van der Waals surface area contributed by atoms with Gasteiger partial charge in [-0.1, -0.05) is 12.1 Å². The topological polar surface area (TPSA) is 72.8 Å². The van der Waals surface area contributed by atoms with Crippen LogP contribution in [0.2, 0.25) is 0 Å². The Morgan fingerprint density at radius 1 is 1.18 bits per heavy atom. The smallest absolute Gasteiger partial charge is 0.335 e. The molecule has 0 aromatic heterocycles. The minimum absolute atomic E-state index is 0.129. The van der Waals surface area contributed by atoms with Crippen LogP contribution in [-0.2, 0) is 20.7 Å². The second-order valence-electron chi connectivity index (χ2n) is 3.39. The van der Waals surface area contributed by atoms with Crippen LogP contribution in [0.4, 0.5) is 0 Å². The first-order valence-electron chi connectivity index (χ1n) is 5.10. The van der Waals surface area contributed by atoms with Crippen LogP contribution in [-0.4, -0.2) is 37.4 Å². The van der Waals surface area contributed by atoms with E-state index in [2.05, 4.69) is 0 Å². The van der Waals surface area contributed by atoms with E-state index in [9.17, 15) is 9.59 Å². The van der Waals surface area contributed by atoms with Gasteiger partial charge in [-0.3, -0.25) is 4.79 Å². The van der Waals surface area contributed by atoms with E-state index in [1.54, 1.807) is 12.1 Å². The van der Waals surface area contributed by atoms with Crippen molar-refractivity contribution in [3.8, 4) is 0 Å². The van der Waals surface area contributed by atoms with E-state index in [4.69, 9.17) is 14.6 Å². The third-order valence-electron chi connectivity index (χ3n) is 2.10. The zero-order valence-electron chi connectivity index (χ0n) is 9.51. The Balaban J connectivity index is 2.46. The summed E-state index contributed by atoms with van der Waals surface area (Å²) in [7, 11) is 1.53. The average Bonchev–Trinajstić information content (AvgIpc) is 2.30. The van der Waals surface area contributed by atoms with Crippen molar-refractivity contribution in [2.75, 3.05) is 20.3 Å². The first-order valence-corrected chi connectivity index (χ1v) is 5.10. The Morgan fingerprint density at radius 2 is 1.82 bits per heavy atom. The van der Waals surface area contributed by atoms with Crippen LogP contribution in [0.3, 0.4) is 0 Å². The zero-order chi connectivity index (χ0) is 12.7. The highest BCUT2D eigenvalue weighted by molar-refractivity contribution is 5.87. The van der Waals surface area contributed by atoms with Crippen molar-refractivity contribution in [1.82, 2.24) is 0 Å². The van der Waals surface area contributed by atoms with Crippen LogP contribution in [0.1, 0.15) is 15.9 Å². The molecular weight excluding hydrogens is 224 g/mol. The van der Waals surface area contributed by atoms with Crippen LogP contribution in [0.25, 0.3) is 0 Å². The first-order chi connectivity index (χ1) is 8.13. The number of methoxy groups -OCH3 is 1. The molecule has 1 N–H and O–H groups in total. The molecule has 0 aliphatic carbocycles. The molecule has 0 atom stereocenters. The van der Waals surface area contributed by atoms with E-state index in [1.165, 1.54) is 19.2 Å². The van der Waals surface area contributed by atoms with Gasteiger partial charge in [0.15, 0.2) is 0 Å². The van der Waals surface area contributed by atoms with Gasteiger partial charge in [0.1, 0.15) is 6.61 Å². The zero-order valence-corrected chi connectivity index (χ0v) is 9.51. The molecule has 0 amide bonds. The predicted molar refractivity (Wildman–Crippen MR) is 59.9 cm³/mol. The number of carbonyl (C=O) groups excluding carboxylic acids is 1. The van der Waals surface area contributed by atoms with E-state index < -0.39 is 5.97 Å². The third-order valence-corrected chi connectivity index (χ3v) is 2.10. The van der Waals surface area contributed by atoms with Crippen molar-refractivity contribution in [1.29, 1.82) is 0 Å². The number of carbonyl (C=O) groups is 2. The number of hydrogen-bond acceptors (Lipinski definition) is 4. The van der Waals surface area contributed by atoms with Crippen molar-refractivity contribution in [2.45, 2.75) is 6.42 Å². The summed E-state index contributed by atoms with van der Waals surface area (Å²) < 4.78 is 9.63. The average molecular weight is 238 g/mol. The lowest BCUT2D eigenvalue weighted by Crippen LogP contribution is -2.12. The molecule has 0 aliphatic rings. The Hall–Kier alpha value is -1.88. The number of hydrogen-bond donors (Lipinski definition) is 1. The number of benzene rings is 1. The maximum Gasteiger partial charge on any atom is 0.335 e.